The summed E-state index contributed by atoms with van der Waals surface area (Å²) in [5, 5.41) is 3.43. The highest BCUT2D eigenvalue weighted by Crippen LogP contribution is 1.95. The molecule has 52 valence electrons. The number of hydrogen-bond acceptors (Lipinski definition) is 2. The molecule has 0 amide bonds. The zero-order chi connectivity index (χ0) is 6.69. The zero-order valence-electron chi connectivity index (χ0n) is 6.35. The van der Waals surface area contributed by atoms with Crippen molar-refractivity contribution in [3.63, 3.8) is 0 Å². The molecule has 1 aliphatic heterocycles. The zero-order valence-corrected chi connectivity index (χ0v) is 6.35. The Morgan fingerprint density at radius 3 is 3.00 bits per heavy atom. The maximum Gasteiger partial charge on any atom is 0.218 e. The van der Waals surface area contributed by atoms with Crippen LogP contribution >= 0.6 is 0 Å². The minimum atomic E-state index is 0.718. The van der Waals surface area contributed by atoms with Gasteiger partial charge < -0.3 is 10.1 Å². The Balaban J connectivity index is 2.25. The lowest BCUT2D eigenvalue weighted by Crippen LogP contribution is -2.30. The molecule has 1 rings (SSSR count). The largest absolute Gasteiger partial charge is 0.355 e. The molecule has 3 heteroatoms. The van der Waals surface area contributed by atoms with Gasteiger partial charge in [-0.25, -0.2) is 0 Å². The lowest BCUT2D eigenvalue weighted by atomic mass is 9.62. The molecular weight excluding hydrogens is 111 g/mol. The van der Waals surface area contributed by atoms with Crippen LogP contribution in [0.3, 0.4) is 0 Å². The van der Waals surface area contributed by atoms with Gasteiger partial charge in [0.15, 0.2) is 0 Å². The summed E-state index contributed by atoms with van der Waals surface area (Å²) in [5.41, 5.74) is 0. The predicted molar refractivity (Wildman–Crippen MR) is 41.9 cm³/mol. The first-order valence-corrected chi connectivity index (χ1v) is 3.71. The highest BCUT2D eigenvalue weighted by Gasteiger charge is 2.11. The molecule has 0 aliphatic carbocycles. The van der Waals surface area contributed by atoms with E-state index in [1.54, 1.807) is 0 Å². The number of likely N-dealkylation sites (N-methyl/N-ethyl adjacent to an activating group) is 1. The second-order valence-corrected chi connectivity index (χ2v) is 2.95. The molecule has 0 saturated carbocycles. The van der Waals surface area contributed by atoms with Crippen molar-refractivity contribution in [2.24, 2.45) is 0 Å². The minimum absolute atomic E-state index is 0.718. The van der Waals surface area contributed by atoms with Crippen LogP contribution in [-0.4, -0.2) is 38.4 Å². The molecule has 0 aromatic heterocycles. The van der Waals surface area contributed by atoms with Gasteiger partial charge in [-0.05, 0) is 26.5 Å². The molecule has 1 N–H and O–H groups in total. The van der Waals surface area contributed by atoms with Crippen LogP contribution < -0.4 is 5.23 Å². The average molecular weight is 126 g/mol. The summed E-state index contributed by atoms with van der Waals surface area (Å²) in [6, 6.07) is 0. The van der Waals surface area contributed by atoms with E-state index >= 15 is 0 Å². The van der Waals surface area contributed by atoms with Crippen molar-refractivity contribution in [1.82, 2.24) is 10.1 Å². The molecule has 0 aromatic carbocycles. The molecule has 1 fully saturated rings. The molecule has 1 aliphatic rings. The van der Waals surface area contributed by atoms with Gasteiger partial charge in [0.25, 0.3) is 0 Å². The molecule has 9 heavy (non-hydrogen) atoms. The average Bonchev–Trinajstić information content (AvgIpc) is 1.97. The second kappa shape index (κ2) is 3.23. The van der Waals surface area contributed by atoms with E-state index in [1.807, 2.05) is 0 Å². The Morgan fingerprint density at radius 2 is 2.22 bits per heavy atom. The Kier molecular flexibility index (Phi) is 2.55. The minimum Gasteiger partial charge on any atom is -0.355 e. The normalized spacial score (nSPS) is 24.0. The summed E-state index contributed by atoms with van der Waals surface area (Å²) in [7, 11) is 2.18. The van der Waals surface area contributed by atoms with Crippen molar-refractivity contribution in [2.45, 2.75) is 13.1 Å². The van der Waals surface area contributed by atoms with Gasteiger partial charge in [0.2, 0.25) is 6.85 Å². The summed E-state index contributed by atoms with van der Waals surface area (Å²) >= 11 is 0. The smallest absolute Gasteiger partial charge is 0.218 e. The first-order chi connectivity index (χ1) is 4.29. The van der Waals surface area contributed by atoms with Gasteiger partial charge in [-0.2, -0.15) is 0 Å². The molecule has 1 saturated heterocycles. The van der Waals surface area contributed by atoms with E-state index in [4.69, 9.17) is 0 Å². The number of nitrogens with one attached hydrogen (secondary N) is 1. The van der Waals surface area contributed by atoms with Gasteiger partial charge in [-0.3, -0.25) is 0 Å². The molecule has 1 heterocycles. The van der Waals surface area contributed by atoms with Crippen molar-refractivity contribution >= 4 is 6.85 Å². The fourth-order valence-corrected chi connectivity index (χ4v) is 1.13. The van der Waals surface area contributed by atoms with Crippen LogP contribution in [0.5, 0.6) is 0 Å². The van der Waals surface area contributed by atoms with Gasteiger partial charge in [-0.15, -0.1) is 0 Å². The first-order valence-electron chi connectivity index (χ1n) is 3.71. The van der Waals surface area contributed by atoms with Crippen molar-refractivity contribution in [3.05, 3.63) is 0 Å². The summed E-state index contributed by atoms with van der Waals surface area (Å²) in [4.78, 5) is 2.37. The summed E-state index contributed by atoms with van der Waals surface area (Å²) < 4.78 is 0. The lowest BCUT2D eigenvalue weighted by molar-refractivity contribution is 0.367. The molecule has 0 unspecified atom stereocenters. The Bertz CT molecular complexity index is 77.1. The number of nitrogens with zero attached hydrogens (tertiary/aromatic N) is 1. The SMILES string of the molecule is CB1CCN(C)CCN1. The number of hydrogen-bond donors (Lipinski definition) is 1. The highest BCUT2D eigenvalue weighted by molar-refractivity contribution is 6.54. The summed E-state index contributed by atoms with van der Waals surface area (Å²) in [6.07, 6.45) is 1.29. The van der Waals surface area contributed by atoms with Crippen LogP contribution in [0.15, 0.2) is 0 Å². The Hall–Kier alpha value is -0.0151. The molecule has 0 spiro atoms. The van der Waals surface area contributed by atoms with Crippen LogP contribution in [0.25, 0.3) is 0 Å². The van der Waals surface area contributed by atoms with E-state index in [9.17, 15) is 0 Å². The molecule has 2 nitrogen and oxygen atoms in total. The quantitative estimate of drug-likeness (QED) is 0.464. The van der Waals surface area contributed by atoms with E-state index in [0.717, 1.165) is 13.4 Å². The molecule has 0 bridgehead atoms. The van der Waals surface area contributed by atoms with Gasteiger partial charge in [0.05, 0.1) is 0 Å². The Morgan fingerprint density at radius 1 is 1.44 bits per heavy atom. The summed E-state index contributed by atoms with van der Waals surface area (Å²) in [6.45, 7) is 6.56. The van der Waals surface area contributed by atoms with Crippen molar-refractivity contribution in [3.8, 4) is 0 Å². The molecular formula is C6H15BN2. The van der Waals surface area contributed by atoms with Crippen molar-refractivity contribution < 1.29 is 0 Å². The predicted octanol–water partition coefficient (Wildman–Crippen LogP) is 0.143. The van der Waals surface area contributed by atoms with Crippen LogP contribution in [0, 0.1) is 0 Å². The third-order valence-corrected chi connectivity index (χ3v) is 1.93. The van der Waals surface area contributed by atoms with Crippen LogP contribution in [-0.2, 0) is 0 Å². The fourth-order valence-electron chi connectivity index (χ4n) is 1.13. The lowest BCUT2D eigenvalue weighted by Gasteiger charge is -2.10. The standard InChI is InChI=1S/C6H15BN2/c1-7-3-5-9(2)6-4-8-7/h8H,3-6H2,1-2H3. The first kappa shape index (κ1) is 7.10. The third kappa shape index (κ3) is 2.37. The van der Waals surface area contributed by atoms with Gasteiger partial charge >= 0.3 is 0 Å². The molecule has 0 aromatic rings. The highest BCUT2D eigenvalue weighted by atomic mass is 15.1. The van der Waals surface area contributed by atoms with E-state index in [0.29, 0.717) is 0 Å². The monoisotopic (exact) mass is 126 g/mol. The third-order valence-electron chi connectivity index (χ3n) is 1.93. The van der Waals surface area contributed by atoms with Crippen LogP contribution in [0.4, 0.5) is 0 Å². The van der Waals surface area contributed by atoms with Crippen molar-refractivity contribution in [2.75, 3.05) is 26.7 Å². The van der Waals surface area contributed by atoms with Crippen LogP contribution in [0.2, 0.25) is 13.1 Å². The van der Waals surface area contributed by atoms with E-state index in [1.165, 1.54) is 19.4 Å². The maximum atomic E-state index is 3.43. The number of rotatable bonds is 0. The van der Waals surface area contributed by atoms with E-state index in [-0.39, 0.29) is 0 Å². The fraction of sp³-hybridized carbons (Fsp3) is 1.00. The van der Waals surface area contributed by atoms with Gasteiger partial charge in [-0.1, -0.05) is 6.82 Å². The summed E-state index contributed by atoms with van der Waals surface area (Å²) in [5.74, 6) is 0. The molecule has 0 radical (unpaired) electrons. The Labute approximate surface area is 57.7 Å². The van der Waals surface area contributed by atoms with Gasteiger partial charge in [0, 0.05) is 6.54 Å². The van der Waals surface area contributed by atoms with Crippen molar-refractivity contribution in [1.29, 1.82) is 0 Å². The van der Waals surface area contributed by atoms with E-state index < -0.39 is 0 Å². The maximum absolute atomic E-state index is 3.43. The van der Waals surface area contributed by atoms with E-state index in [2.05, 4.69) is 24.0 Å². The van der Waals surface area contributed by atoms with Gasteiger partial charge in [0.1, 0.15) is 0 Å². The topological polar surface area (TPSA) is 15.3 Å². The molecule has 0 atom stereocenters. The van der Waals surface area contributed by atoms with Crippen LogP contribution in [0.1, 0.15) is 0 Å². The second-order valence-electron chi connectivity index (χ2n) is 2.95.